The van der Waals surface area contributed by atoms with Gasteiger partial charge in [-0.25, -0.2) is 0 Å². The van der Waals surface area contributed by atoms with Crippen LogP contribution in [-0.4, -0.2) is 31.1 Å². The molecule has 1 heterocycles. The van der Waals surface area contributed by atoms with Crippen molar-refractivity contribution in [2.45, 2.75) is 12.5 Å². The summed E-state index contributed by atoms with van der Waals surface area (Å²) in [4.78, 5) is 2.32. The van der Waals surface area contributed by atoms with E-state index in [2.05, 4.69) is 48.1 Å². The normalized spacial score (nSPS) is 16.2. The molecule has 3 N–H and O–H groups in total. The summed E-state index contributed by atoms with van der Waals surface area (Å²) in [5, 5.41) is 12.4. The first-order valence-corrected chi connectivity index (χ1v) is 7.78. The fourth-order valence-electron chi connectivity index (χ4n) is 2.40. The number of nitrogens with one attached hydrogen (secondary N) is 1. The van der Waals surface area contributed by atoms with Gasteiger partial charge in [0.15, 0.2) is 0 Å². The van der Waals surface area contributed by atoms with Crippen LogP contribution in [0.3, 0.4) is 0 Å². The predicted molar refractivity (Wildman–Crippen MR) is 98.2 cm³/mol. The van der Waals surface area contributed by atoms with Crippen molar-refractivity contribution in [1.82, 2.24) is 10.2 Å². The zero-order valence-electron chi connectivity index (χ0n) is 11.3. The Labute approximate surface area is 154 Å². The largest absolute Gasteiger partial charge is 0.398 e. The summed E-state index contributed by atoms with van der Waals surface area (Å²) >= 11 is 6.96. The van der Waals surface area contributed by atoms with E-state index < -0.39 is 0 Å². The molecule has 118 valence electrons. The van der Waals surface area contributed by atoms with Gasteiger partial charge in [-0.05, 0) is 33.6 Å². The summed E-state index contributed by atoms with van der Waals surface area (Å²) in [6, 6.07) is 6.29. The van der Waals surface area contributed by atoms with Crippen LogP contribution in [0.4, 0.5) is 5.69 Å². The summed E-state index contributed by atoms with van der Waals surface area (Å²) < 4.78 is 1.84. The van der Waals surface area contributed by atoms with Gasteiger partial charge in [0.05, 0.1) is 18.2 Å². The number of benzene rings is 1. The van der Waals surface area contributed by atoms with E-state index in [0.29, 0.717) is 6.42 Å². The van der Waals surface area contributed by atoms with Gasteiger partial charge in [0.25, 0.3) is 0 Å². The molecule has 0 unspecified atom stereocenters. The maximum Gasteiger partial charge on any atom is 0.0641 e. The van der Waals surface area contributed by atoms with Gasteiger partial charge in [-0.15, -0.1) is 24.8 Å². The van der Waals surface area contributed by atoms with E-state index in [1.807, 2.05) is 12.1 Å². The molecule has 1 aliphatic heterocycles. The minimum atomic E-state index is 0. The van der Waals surface area contributed by atoms with E-state index in [9.17, 15) is 0 Å². The molecule has 2 rings (SSSR count). The Morgan fingerprint density at radius 1 is 1.29 bits per heavy atom. The van der Waals surface area contributed by atoms with E-state index in [1.54, 1.807) is 0 Å². The third-order valence-corrected chi connectivity index (χ3v) is 4.48. The second kappa shape index (κ2) is 9.88. The van der Waals surface area contributed by atoms with Gasteiger partial charge in [0.1, 0.15) is 0 Å². The Balaban J connectivity index is 0.00000200. The molecule has 1 fully saturated rings. The zero-order valence-corrected chi connectivity index (χ0v) is 16.1. The highest BCUT2D eigenvalue weighted by Gasteiger charge is 2.24. The molecule has 8 heteroatoms. The van der Waals surface area contributed by atoms with Crippen LogP contribution in [0, 0.1) is 11.3 Å². The highest BCUT2D eigenvalue weighted by molar-refractivity contribution is 9.11. The third kappa shape index (κ3) is 5.27. The Morgan fingerprint density at radius 3 is 2.48 bits per heavy atom. The quantitative estimate of drug-likeness (QED) is 0.677. The Morgan fingerprint density at radius 2 is 1.90 bits per heavy atom. The fraction of sp³-hybridized carbons (Fsp3) is 0.462. The van der Waals surface area contributed by atoms with Crippen molar-refractivity contribution in [2.75, 3.05) is 31.9 Å². The summed E-state index contributed by atoms with van der Waals surface area (Å²) in [5.41, 5.74) is 7.91. The van der Waals surface area contributed by atoms with Gasteiger partial charge >= 0.3 is 0 Å². The average molecular weight is 461 g/mol. The molecule has 0 spiro atoms. The first-order valence-electron chi connectivity index (χ1n) is 6.19. The van der Waals surface area contributed by atoms with Crippen molar-refractivity contribution in [3.8, 4) is 6.07 Å². The molecule has 1 aromatic rings. The standard InChI is InChI=1S/C13H16Br2N4.2ClH/c14-9-7-10(13(17)11(15)8-9)12(1-2-16)19-5-3-18-4-6-19;;/h7-8,12,18H,1,3-6,17H2;2*1H/t12-;;/m0../s1. The van der Waals surface area contributed by atoms with E-state index in [-0.39, 0.29) is 30.9 Å². The molecule has 1 saturated heterocycles. The minimum absolute atomic E-state index is 0. The van der Waals surface area contributed by atoms with Crippen molar-refractivity contribution in [3.05, 3.63) is 26.6 Å². The molecule has 1 aliphatic rings. The molecule has 0 aromatic heterocycles. The highest BCUT2D eigenvalue weighted by atomic mass is 79.9. The molecule has 0 bridgehead atoms. The maximum atomic E-state index is 9.10. The van der Waals surface area contributed by atoms with E-state index >= 15 is 0 Å². The predicted octanol–water partition coefficient (Wildman–Crippen LogP) is 3.50. The second-order valence-electron chi connectivity index (χ2n) is 4.55. The number of hydrogen-bond donors (Lipinski definition) is 2. The van der Waals surface area contributed by atoms with Crippen LogP contribution >= 0.6 is 56.7 Å². The lowest BCUT2D eigenvalue weighted by molar-refractivity contribution is 0.176. The van der Waals surface area contributed by atoms with Crippen molar-refractivity contribution in [3.63, 3.8) is 0 Å². The lowest BCUT2D eigenvalue weighted by Gasteiger charge is -2.34. The smallest absolute Gasteiger partial charge is 0.0641 e. The van der Waals surface area contributed by atoms with Gasteiger partial charge < -0.3 is 11.1 Å². The first-order chi connectivity index (χ1) is 9.13. The van der Waals surface area contributed by atoms with E-state index in [1.165, 1.54) is 0 Å². The monoisotopic (exact) mass is 458 g/mol. The first kappa shape index (κ1) is 21.0. The summed E-state index contributed by atoms with van der Waals surface area (Å²) in [6.45, 7) is 3.79. The van der Waals surface area contributed by atoms with Gasteiger partial charge in [-0.2, -0.15) is 5.26 Å². The van der Waals surface area contributed by atoms with Crippen LogP contribution in [0.2, 0.25) is 0 Å². The highest BCUT2D eigenvalue weighted by Crippen LogP contribution is 2.36. The number of halogens is 4. The van der Waals surface area contributed by atoms with Gasteiger partial charge in [-0.1, -0.05) is 15.9 Å². The zero-order chi connectivity index (χ0) is 13.8. The topological polar surface area (TPSA) is 65.1 Å². The SMILES string of the molecule is Cl.Cl.N#CC[C@@H](c1cc(Br)cc(Br)c1N)N1CCNCC1. The Hall–Kier alpha value is -0.0300. The number of nitrogens with zero attached hydrogens (tertiary/aromatic N) is 2. The number of piperazine rings is 1. The Kier molecular flexibility index (Phi) is 9.87. The molecule has 0 amide bonds. The summed E-state index contributed by atoms with van der Waals surface area (Å²) in [5.74, 6) is 0. The van der Waals surface area contributed by atoms with Crippen molar-refractivity contribution < 1.29 is 0 Å². The van der Waals surface area contributed by atoms with Crippen LogP contribution in [-0.2, 0) is 0 Å². The van der Waals surface area contributed by atoms with Gasteiger partial charge in [0.2, 0.25) is 0 Å². The van der Waals surface area contributed by atoms with Gasteiger partial charge in [0, 0.05) is 41.2 Å². The molecule has 0 aliphatic carbocycles. The van der Waals surface area contributed by atoms with Crippen LogP contribution in [0.15, 0.2) is 21.1 Å². The minimum Gasteiger partial charge on any atom is -0.398 e. The molecule has 21 heavy (non-hydrogen) atoms. The van der Waals surface area contributed by atoms with E-state index in [0.717, 1.165) is 46.4 Å². The van der Waals surface area contributed by atoms with Crippen LogP contribution in [0.1, 0.15) is 18.0 Å². The Bertz CT molecular complexity index is 502. The number of nitriles is 1. The molecule has 4 nitrogen and oxygen atoms in total. The molecular formula is C13H18Br2Cl2N4. The molecule has 0 saturated carbocycles. The lowest BCUT2D eigenvalue weighted by Crippen LogP contribution is -2.45. The van der Waals surface area contributed by atoms with Crippen molar-refractivity contribution in [2.24, 2.45) is 0 Å². The van der Waals surface area contributed by atoms with Crippen LogP contribution in [0.5, 0.6) is 0 Å². The molecular weight excluding hydrogens is 443 g/mol. The number of anilines is 1. The van der Waals surface area contributed by atoms with Crippen LogP contribution < -0.4 is 11.1 Å². The number of rotatable bonds is 3. The number of nitrogen functional groups attached to an aromatic ring is 1. The second-order valence-corrected chi connectivity index (χ2v) is 6.32. The average Bonchev–Trinajstić information content (AvgIpc) is 2.41. The molecule has 1 aromatic carbocycles. The summed E-state index contributed by atoms with van der Waals surface area (Å²) in [6.07, 6.45) is 0.451. The fourth-order valence-corrected chi connectivity index (χ4v) is 3.65. The van der Waals surface area contributed by atoms with Gasteiger partial charge in [-0.3, -0.25) is 4.90 Å². The van der Waals surface area contributed by atoms with E-state index in [4.69, 9.17) is 11.0 Å². The summed E-state index contributed by atoms with van der Waals surface area (Å²) in [7, 11) is 0. The van der Waals surface area contributed by atoms with Crippen molar-refractivity contribution >= 4 is 62.4 Å². The number of hydrogen-bond acceptors (Lipinski definition) is 4. The lowest BCUT2D eigenvalue weighted by atomic mass is 10.00. The van der Waals surface area contributed by atoms with Crippen LogP contribution in [0.25, 0.3) is 0 Å². The maximum absolute atomic E-state index is 9.10. The molecule has 0 radical (unpaired) electrons. The molecule has 1 atom stereocenters. The number of nitrogens with two attached hydrogens (primary N) is 1. The van der Waals surface area contributed by atoms with Crippen molar-refractivity contribution in [1.29, 1.82) is 5.26 Å². The third-order valence-electron chi connectivity index (χ3n) is 3.36.